The van der Waals surface area contributed by atoms with Crippen LogP contribution in [0.4, 0.5) is 4.39 Å². The Hall–Kier alpha value is -1.90. The minimum Gasteiger partial charge on any atom is -0.489 e. The summed E-state index contributed by atoms with van der Waals surface area (Å²) in [7, 11) is 0. The van der Waals surface area contributed by atoms with Gasteiger partial charge in [0.1, 0.15) is 18.5 Å². The highest BCUT2D eigenvalue weighted by Gasteiger charge is 2.03. The van der Waals surface area contributed by atoms with Gasteiger partial charge >= 0.3 is 0 Å². The molecule has 0 spiro atoms. The summed E-state index contributed by atoms with van der Waals surface area (Å²) >= 11 is 0. The van der Waals surface area contributed by atoms with Crippen molar-refractivity contribution >= 4 is 0 Å². The molecular formula is C20H26FNO. The summed E-state index contributed by atoms with van der Waals surface area (Å²) in [5.74, 6) is 0.603. The van der Waals surface area contributed by atoms with Crippen molar-refractivity contribution in [1.82, 2.24) is 4.98 Å². The van der Waals surface area contributed by atoms with E-state index in [1.54, 1.807) is 6.20 Å². The molecule has 0 saturated carbocycles. The fraction of sp³-hybridized carbons (Fsp3) is 0.450. The van der Waals surface area contributed by atoms with E-state index in [4.69, 9.17) is 4.74 Å². The molecule has 0 saturated heterocycles. The first kappa shape index (κ1) is 17.5. The Bertz CT molecular complexity index is 563. The Morgan fingerprint density at radius 2 is 1.83 bits per heavy atom. The van der Waals surface area contributed by atoms with E-state index in [1.807, 2.05) is 12.1 Å². The fourth-order valence-electron chi connectivity index (χ4n) is 2.45. The summed E-state index contributed by atoms with van der Waals surface area (Å²) in [6, 6.07) is 12.3. The van der Waals surface area contributed by atoms with E-state index in [9.17, 15) is 4.39 Å². The first-order valence-corrected chi connectivity index (χ1v) is 8.51. The van der Waals surface area contributed by atoms with Gasteiger partial charge in [0.05, 0.1) is 11.9 Å². The number of unbranched alkanes of at least 4 members (excludes halogenated alkanes) is 3. The molecule has 23 heavy (non-hydrogen) atoms. The molecule has 2 nitrogen and oxygen atoms in total. The first-order chi connectivity index (χ1) is 11.2. The van der Waals surface area contributed by atoms with Crippen molar-refractivity contribution < 1.29 is 9.13 Å². The number of hydrogen-bond donors (Lipinski definition) is 0. The van der Waals surface area contributed by atoms with Crippen LogP contribution in [0.2, 0.25) is 0 Å². The van der Waals surface area contributed by atoms with Crippen molar-refractivity contribution in [3.63, 3.8) is 0 Å². The van der Waals surface area contributed by atoms with E-state index in [2.05, 4.69) is 36.2 Å². The molecule has 1 atom stereocenters. The molecule has 0 aliphatic carbocycles. The highest BCUT2D eigenvalue weighted by Crippen LogP contribution is 2.21. The number of nitrogens with zero attached hydrogens (tertiary/aromatic N) is 1. The van der Waals surface area contributed by atoms with Gasteiger partial charge in [-0.05, 0) is 37.5 Å². The number of pyridine rings is 1. The van der Waals surface area contributed by atoms with Gasteiger partial charge < -0.3 is 4.74 Å². The van der Waals surface area contributed by atoms with Crippen LogP contribution < -0.4 is 4.74 Å². The zero-order valence-electron chi connectivity index (χ0n) is 14.1. The van der Waals surface area contributed by atoms with Crippen LogP contribution >= 0.6 is 0 Å². The third kappa shape index (κ3) is 6.01. The maximum Gasteiger partial charge on any atom is 0.137 e. The number of aromatic nitrogens is 1. The van der Waals surface area contributed by atoms with Crippen LogP contribution in [0, 0.1) is 0 Å². The topological polar surface area (TPSA) is 22.1 Å². The van der Waals surface area contributed by atoms with E-state index in [1.165, 1.54) is 38.2 Å². The largest absolute Gasteiger partial charge is 0.489 e. The van der Waals surface area contributed by atoms with Gasteiger partial charge in [-0.15, -0.1) is 0 Å². The van der Waals surface area contributed by atoms with Crippen LogP contribution in [-0.2, 0) is 6.42 Å². The predicted molar refractivity (Wildman–Crippen MR) is 93.6 cm³/mol. The lowest BCUT2D eigenvalue weighted by atomic mass is 10.0. The van der Waals surface area contributed by atoms with E-state index in [-0.39, 0.29) is 6.61 Å². The maximum atomic E-state index is 12.8. The normalized spacial score (nSPS) is 12.1. The molecule has 0 aliphatic rings. The Labute approximate surface area is 138 Å². The van der Waals surface area contributed by atoms with Gasteiger partial charge in [0.15, 0.2) is 0 Å². The van der Waals surface area contributed by atoms with E-state index in [0.29, 0.717) is 5.75 Å². The molecule has 0 radical (unpaired) electrons. The van der Waals surface area contributed by atoms with E-state index >= 15 is 0 Å². The summed E-state index contributed by atoms with van der Waals surface area (Å²) in [6.07, 6.45) is 6.97. The second kappa shape index (κ2) is 9.29. The first-order valence-electron chi connectivity index (χ1n) is 8.51. The number of alkyl halides is 1. The average molecular weight is 315 g/mol. The number of halogens is 1. The molecule has 2 aromatic rings. The second-order valence-corrected chi connectivity index (χ2v) is 5.98. The summed E-state index contributed by atoms with van der Waals surface area (Å²) in [6.45, 7) is 3.77. The highest BCUT2D eigenvalue weighted by molar-refractivity contribution is 5.59. The number of ether oxygens (including phenoxy) is 1. The number of hydrogen-bond acceptors (Lipinski definition) is 2. The molecule has 0 amide bonds. The number of rotatable bonds is 9. The van der Waals surface area contributed by atoms with E-state index in [0.717, 1.165) is 17.7 Å². The Morgan fingerprint density at radius 3 is 2.43 bits per heavy atom. The molecule has 0 bridgehead atoms. The highest BCUT2D eigenvalue weighted by atomic mass is 19.1. The van der Waals surface area contributed by atoms with Crippen molar-refractivity contribution in [1.29, 1.82) is 0 Å². The molecule has 3 heteroatoms. The minimum atomic E-state index is -0.973. The molecule has 1 unspecified atom stereocenters. The minimum absolute atomic E-state index is 0.0632. The number of aryl methyl sites for hydroxylation is 1. The lowest BCUT2D eigenvalue weighted by Gasteiger charge is -2.08. The Balaban J connectivity index is 1.91. The lowest BCUT2D eigenvalue weighted by molar-refractivity contribution is 0.209. The monoisotopic (exact) mass is 315 g/mol. The van der Waals surface area contributed by atoms with Crippen molar-refractivity contribution in [3.05, 3.63) is 48.2 Å². The summed E-state index contributed by atoms with van der Waals surface area (Å²) in [4.78, 5) is 4.40. The van der Waals surface area contributed by atoms with Crippen molar-refractivity contribution in [2.24, 2.45) is 0 Å². The zero-order valence-corrected chi connectivity index (χ0v) is 14.1. The summed E-state index contributed by atoms with van der Waals surface area (Å²) < 4.78 is 18.1. The second-order valence-electron chi connectivity index (χ2n) is 5.98. The molecular weight excluding hydrogens is 289 g/mol. The van der Waals surface area contributed by atoms with Gasteiger partial charge in [-0.2, -0.15) is 0 Å². The molecule has 0 aliphatic heterocycles. The smallest absolute Gasteiger partial charge is 0.137 e. The van der Waals surface area contributed by atoms with Crippen LogP contribution in [0.25, 0.3) is 11.3 Å². The predicted octanol–water partition coefficient (Wildman–Crippen LogP) is 5.61. The Kier molecular flexibility index (Phi) is 7.05. The number of benzene rings is 1. The molecule has 1 aromatic heterocycles. The molecule has 0 fully saturated rings. The van der Waals surface area contributed by atoms with Gasteiger partial charge in [0.25, 0.3) is 0 Å². The van der Waals surface area contributed by atoms with Crippen molar-refractivity contribution in [2.75, 3.05) is 6.61 Å². The van der Waals surface area contributed by atoms with Crippen LogP contribution in [0.3, 0.4) is 0 Å². The average Bonchev–Trinajstić information content (AvgIpc) is 2.58. The quantitative estimate of drug-likeness (QED) is 0.561. The van der Waals surface area contributed by atoms with Gasteiger partial charge in [-0.1, -0.05) is 50.5 Å². The van der Waals surface area contributed by atoms with Crippen LogP contribution in [-0.4, -0.2) is 17.8 Å². The van der Waals surface area contributed by atoms with Gasteiger partial charge in [0, 0.05) is 5.56 Å². The van der Waals surface area contributed by atoms with Gasteiger partial charge in [-0.3, -0.25) is 4.98 Å². The van der Waals surface area contributed by atoms with E-state index < -0.39 is 6.17 Å². The van der Waals surface area contributed by atoms with Crippen molar-refractivity contribution in [3.8, 4) is 17.0 Å². The van der Waals surface area contributed by atoms with Crippen LogP contribution in [0.15, 0.2) is 42.6 Å². The summed E-state index contributed by atoms with van der Waals surface area (Å²) in [5.41, 5.74) is 3.37. The molecule has 1 heterocycles. The Morgan fingerprint density at radius 1 is 1.04 bits per heavy atom. The van der Waals surface area contributed by atoms with Gasteiger partial charge in [-0.25, -0.2) is 4.39 Å². The summed E-state index contributed by atoms with van der Waals surface area (Å²) in [5, 5.41) is 0. The zero-order chi connectivity index (χ0) is 16.5. The SMILES string of the molecule is CCCCCCc1ccc(-c2ccc(OCC(C)F)cn2)cc1. The molecule has 0 N–H and O–H groups in total. The molecule has 124 valence electrons. The van der Waals surface area contributed by atoms with Crippen LogP contribution in [0.5, 0.6) is 5.75 Å². The van der Waals surface area contributed by atoms with Crippen LogP contribution in [0.1, 0.15) is 45.1 Å². The lowest BCUT2D eigenvalue weighted by Crippen LogP contribution is -2.08. The van der Waals surface area contributed by atoms with Gasteiger partial charge in [0.2, 0.25) is 0 Å². The third-order valence-corrected chi connectivity index (χ3v) is 3.78. The van der Waals surface area contributed by atoms with Crippen molar-refractivity contribution in [2.45, 2.75) is 52.1 Å². The molecule has 1 aromatic carbocycles. The fourth-order valence-corrected chi connectivity index (χ4v) is 2.45. The standard InChI is InChI=1S/C20H26FNO/c1-3-4-5-6-7-17-8-10-18(11-9-17)20-13-12-19(14-22-20)23-15-16(2)21/h8-14,16H,3-7,15H2,1-2H3. The molecule has 2 rings (SSSR count). The maximum absolute atomic E-state index is 12.8. The third-order valence-electron chi connectivity index (χ3n) is 3.78.